The van der Waals surface area contributed by atoms with Crippen molar-refractivity contribution in [1.82, 2.24) is 5.73 Å². The lowest BCUT2D eigenvalue weighted by Gasteiger charge is -2.14. The lowest BCUT2D eigenvalue weighted by atomic mass is 10.4. The second-order valence-corrected chi connectivity index (χ2v) is 5.41. The number of benzene rings is 2. The maximum atomic E-state index is 9.46. The van der Waals surface area contributed by atoms with Gasteiger partial charge in [-0.15, -0.1) is 5.73 Å². The van der Waals surface area contributed by atoms with Gasteiger partial charge in [-0.2, -0.15) is 0 Å². The van der Waals surface area contributed by atoms with Crippen LogP contribution in [-0.4, -0.2) is 6.29 Å². The number of hydrogen-bond acceptors (Lipinski definition) is 0. The first-order valence-corrected chi connectivity index (χ1v) is 6.43. The smallest absolute Gasteiger partial charge is 0.0603 e. The number of rotatable bonds is 3. The molecule has 1 nitrogen and oxygen atoms in total. The highest BCUT2D eigenvalue weighted by molar-refractivity contribution is 7.72. The van der Waals surface area contributed by atoms with E-state index in [0.29, 0.717) is 0 Å². The molecule has 15 heavy (non-hydrogen) atoms. The third-order valence-electron chi connectivity index (χ3n) is 2.28. The molecule has 2 aromatic carbocycles. The molecule has 0 aliphatic heterocycles. The molecule has 0 bridgehead atoms. The molecule has 0 aromatic heterocycles. The Morgan fingerprint density at radius 1 is 0.733 bits per heavy atom. The second kappa shape index (κ2) is 5.06. The van der Waals surface area contributed by atoms with Crippen molar-refractivity contribution in [1.29, 1.82) is 0 Å². The lowest BCUT2D eigenvalue weighted by Crippen LogP contribution is -2.13. The maximum absolute atomic E-state index is 9.46. The summed E-state index contributed by atoms with van der Waals surface area (Å²) < 4.78 is 0. The summed E-state index contributed by atoms with van der Waals surface area (Å²) in [6.07, 6.45) is 0.212. The average molecular weight is 213 g/mol. The van der Waals surface area contributed by atoms with E-state index >= 15 is 0 Å². The molecule has 0 saturated heterocycles. The van der Waals surface area contributed by atoms with E-state index in [1.54, 1.807) is 0 Å². The minimum Gasteiger partial charge on any atom is -0.139 e. The predicted molar refractivity (Wildman–Crippen MR) is 66.1 cm³/mol. The van der Waals surface area contributed by atoms with E-state index < -0.39 is 7.92 Å². The third kappa shape index (κ3) is 2.44. The maximum Gasteiger partial charge on any atom is 0.0603 e. The van der Waals surface area contributed by atoms with E-state index in [9.17, 15) is 5.73 Å². The van der Waals surface area contributed by atoms with Crippen LogP contribution < -0.4 is 16.3 Å². The molecular weight excluding hydrogens is 201 g/mol. The quantitative estimate of drug-likeness (QED) is 0.697. The Kier molecular flexibility index (Phi) is 3.49. The normalized spacial score (nSPS) is 10.5. The van der Waals surface area contributed by atoms with Gasteiger partial charge in [0, 0.05) is 0 Å². The summed E-state index contributed by atoms with van der Waals surface area (Å²) in [5, 5.41) is 2.45. The first-order valence-electron chi connectivity index (χ1n) is 4.90. The topological polar surface area (TPSA) is 22.3 Å². The fourth-order valence-electron chi connectivity index (χ4n) is 1.53. The summed E-state index contributed by atoms with van der Waals surface area (Å²) in [6.45, 7) is 0. The van der Waals surface area contributed by atoms with Crippen molar-refractivity contribution in [3.05, 3.63) is 60.7 Å². The van der Waals surface area contributed by atoms with Crippen molar-refractivity contribution >= 4 is 18.5 Å². The van der Waals surface area contributed by atoms with Crippen molar-refractivity contribution in [2.75, 3.05) is 6.29 Å². The molecule has 0 aliphatic carbocycles. The largest absolute Gasteiger partial charge is 0.139 e. The molecule has 0 fully saturated rings. The van der Waals surface area contributed by atoms with Crippen molar-refractivity contribution in [2.45, 2.75) is 0 Å². The minimum absolute atomic E-state index is 0.212. The summed E-state index contributed by atoms with van der Waals surface area (Å²) in [7, 11) is -0.593. The Balaban J connectivity index is 2.34. The zero-order valence-electron chi connectivity index (χ0n) is 8.38. The van der Waals surface area contributed by atoms with E-state index in [1.165, 1.54) is 10.6 Å². The van der Waals surface area contributed by atoms with E-state index in [2.05, 4.69) is 24.3 Å². The SMILES string of the molecule is [N]CP(c1ccccc1)c1ccccc1. The van der Waals surface area contributed by atoms with E-state index in [-0.39, 0.29) is 6.29 Å². The molecule has 0 aliphatic rings. The molecular formula is C13H12NP. The van der Waals surface area contributed by atoms with Crippen molar-refractivity contribution in [3.63, 3.8) is 0 Å². The van der Waals surface area contributed by atoms with Gasteiger partial charge in [-0.25, -0.2) is 0 Å². The van der Waals surface area contributed by atoms with Crippen LogP contribution >= 0.6 is 7.92 Å². The number of nitrogens with zero attached hydrogens (tertiary/aromatic N) is 1. The van der Waals surface area contributed by atoms with Gasteiger partial charge in [-0.05, 0) is 18.5 Å². The molecule has 0 heterocycles. The lowest BCUT2D eigenvalue weighted by molar-refractivity contribution is 1.31. The van der Waals surface area contributed by atoms with Crippen LogP contribution in [-0.2, 0) is 0 Å². The van der Waals surface area contributed by atoms with Gasteiger partial charge < -0.3 is 0 Å². The van der Waals surface area contributed by atoms with Crippen LogP contribution in [0.3, 0.4) is 0 Å². The van der Waals surface area contributed by atoms with Gasteiger partial charge in [-0.1, -0.05) is 60.7 Å². The van der Waals surface area contributed by atoms with E-state index in [4.69, 9.17) is 0 Å². The van der Waals surface area contributed by atoms with Gasteiger partial charge >= 0.3 is 0 Å². The first kappa shape index (κ1) is 10.4. The molecule has 0 spiro atoms. The summed E-state index contributed by atoms with van der Waals surface area (Å²) in [5.74, 6) is 0. The average Bonchev–Trinajstić information content (AvgIpc) is 2.33. The van der Waals surface area contributed by atoms with Gasteiger partial charge in [0.15, 0.2) is 0 Å². The molecule has 0 unspecified atom stereocenters. The molecule has 2 aromatic rings. The van der Waals surface area contributed by atoms with Gasteiger partial charge in [0.25, 0.3) is 0 Å². The second-order valence-electron chi connectivity index (χ2n) is 3.24. The number of hydrogen-bond donors (Lipinski definition) is 0. The third-order valence-corrected chi connectivity index (χ3v) is 4.40. The van der Waals surface area contributed by atoms with Crippen LogP contribution in [0.4, 0.5) is 0 Å². The highest BCUT2D eigenvalue weighted by atomic mass is 31.1. The molecule has 0 atom stereocenters. The molecule has 2 rings (SSSR count). The summed E-state index contributed by atoms with van der Waals surface area (Å²) in [4.78, 5) is 0. The van der Waals surface area contributed by atoms with Gasteiger partial charge in [0.1, 0.15) is 0 Å². The standard InChI is InChI=1S/C13H12NP/c14-11-15(12-7-3-1-4-8-12)13-9-5-2-6-10-13/h1-10H,11H2. The molecule has 2 radical (unpaired) electrons. The zero-order chi connectivity index (χ0) is 10.5. The predicted octanol–water partition coefficient (Wildman–Crippen LogP) is 2.15. The molecule has 0 N–H and O–H groups in total. The van der Waals surface area contributed by atoms with Gasteiger partial charge in [0.2, 0.25) is 0 Å². The molecule has 0 amide bonds. The monoisotopic (exact) mass is 213 g/mol. The van der Waals surface area contributed by atoms with Crippen molar-refractivity contribution in [3.8, 4) is 0 Å². The van der Waals surface area contributed by atoms with Gasteiger partial charge in [0.05, 0.1) is 6.29 Å². The van der Waals surface area contributed by atoms with Crippen molar-refractivity contribution < 1.29 is 0 Å². The van der Waals surface area contributed by atoms with Crippen LogP contribution in [0.1, 0.15) is 0 Å². The van der Waals surface area contributed by atoms with Crippen LogP contribution in [0.15, 0.2) is 60.7 Å². The Bertz CT molecular complexity index is 360. The Morgan fingerprint density at radius 3 is 1.47 bits per heavy atom. The fraction of sp³-hybridized carbons (Fsp3) is 0.0769. The van der Waals surface area contributed by atoms with Crippen LogP contribution in [0, 0.1) is 0 Å². The summed E-state index contributed by atoms with van der Waals surface area (Å²) >= 11 is 0. The van der Waals surface area contributed by atoms with Gasteiger partial charge in [-0.3, -0.25) is 0 Å². The molecule has 74 valence electrons. The molecule has 2 heteroatoms. The Morgan fingerprint density at radius 2 is 1.13 bits per heavy atom. The van der Waals surface area contributed by atoms with Crippen molar-refractivity contribution in [2.24, 2.45) is 0 Å². The highest BCUT2D eigenvalue weighted by Crippen LogP contribution is 2.30. The fourth-order valence-corrected chi connectivity index (χ4v) is 3.22. The van der Waals surface area contributed by atoms with Crippen LogP contribution in [0.5, 0.6) is 0 Å². The molecule has 0 saturated carbocycles. The summed E-state index contributed by atoms with van der Waals surface area (Å²) in [5.41, 5.74) is 9.46. The Hall–Kier alpha value is -1.17. The van der Waals surface area contributed by atoms with Crippen LogP contribution in [0.25, 0.3) is 0 Å². The highest BCUT2D eigenvalue weighted by Gasteiger charge is 2.10. The van der Waals surface area contributed by atoms with E-state index in [1.807, 2.05) is 36.4 Å². The zero-order valence-corrected chi connectivity index (χ0v) is 9.27. The summed E-state index contributed by atoms with van der Waals surface area (Å²) in [6, 6.07) is 20.4. The minimum atomic E-state index is -0.593. The Labute approximate surface area is 91.7 Å². The first-order chi connectivity index (χ1) is 7.42. The van der Waals surface area contributed by atoms with Crippen LogP contribution in [0.2, 0.25) is 0 Å². The van der Waals surface area contributed by atoms with E-state index in [0.717, 1.165) is 0 Å².